The molecule has 0 fully saturated rings. The fourth-order valence-electron chi connectivity index (χ4n) is 1.60. The van der Waals surface area contributed by atoms with E-state index in [0.29, 0.717) is 0 Å². The average molecular weight is 216 g/mol. The molecular formula is C12H9O2P. The standard InChI is InChI=1S/C12H9O2P/c13-15-11-5-1-9(2-6-11)14-10-3-7-12(15)8-4-10/h1-8,13H. The molecule has 0 atom stereocenters. The van der Waals surface area contributed by atoms with Gasteiger partial charge >= 0.3 is 0 Å². The van der Waals surface area contributed by atoms with Crippen LogP contribution in [0.3, 0.4) is 0 Å². The molecule has 4 aliphatic rings. The number of hydrogen-bond acceptors (Lipinski definition) is 2. The largest absolute Gasteiger partial charge is 0.457 e. The van der Waals surface area contributed by atoms with Gasteiger partial charge in [-0.05, 0) is 48.5 Å². The molecule has 3 heteroatoms. The van der Waals surface area contributed by atoms with E-state index in [1.54, 1.807) is 0 Å². The number of benzene rings is 2. The molecule has 6 rings (SSSR count). The molecule has 0 saturated carbocycles. The Labute approximate surface area is 89.0 Å². The fraction of sp³-hybridized carbons (Fsp3) is 0. The summed E-state index contributed by atoms with van der Waals surface area (Å²) in [6, 6.07) is 15.2. The Morgan fingerprint density at radius 2 is 1.13 bits per heavy atom. The summed E-state index contributed by atoms with van der Waals surface area (Å²) < 4.78 is 5.62. The first-order chi connectivity index (χ1) is 7.33. The van der Waals surface area contributed by atoms with Gasteiger partial charge in [0.1, 0.15) is 11.5 Å². The molecule has 2 aromatic carbocycles. The van der Waals surface area contributed by atoms with E-state index < -0.39 is 8.15 Å². The van der Waals surface area contributed by atoms with Crippen LogP contribution in [0.1, 0.15) is 0 Å². The van der Waals surface area contributed by atoms with Crippen molar-refractivity contribution in [3.63, 3.8) is 0 Å². The van der Waals surface area contributed by atoms with Crippen LogP contribution in [-0.2, 0) is 0 Å². The zero-order valence-electron chi connectivity index (χ0n) is 7.92. The maximum Gasteiger partial charge on any atom is 0.127 e. The van der Waals surface area contributed by atoms with Crippen LogP contribution in [0, 0.1) is 0 Å². The first-order valence-electron chi connectivity index (χ1n) is 4.70. The fourth-order valence-corrected chi connectivity index (χ4v) is 2.76. The van der Waals surface area contributed by atoms with Gasteiger partial charge in [-0.1, -0.05) is 0 Å². The molecule has 4 bridgehead atoms. The molecule has 2 aromatic rings. The second-order valence-corrected chi connectivity index (χ2v) is 5.06. The van der Waals surface area contributed by atoms with Crippen molar-refractivity contribution < 1.29 is 9.63 Å². The van der Waals surface area contributed by atoms with Crippen LogP contribution in [0.2, 0.25) is 0 Å². The van der Waals surface area contributed by atoms with Crippen molar-refractivity contribution in [2.75, 3.05) is 0 Å². The van der Waals surface area contributed by atoms with Gasteiger partial charge in [-0.3, -0.25) is 0 Å². The Bertz CT molecular complexity index is 430. The second kappa shape index (κ2) is 3.34. The molecule has 15 heavy (non-hydrogen) atoms. The van der Waals surface area contributed by atoms with Crippen molar-refractivity contribution in [2.24, 2.45) is 0 Å². The highest BCUT2D eigenvalue weighted by molar-refractivity contribution is 7.67. The predicted octanol–water partition coefficient (Wildman–Crippen LogP) is 2.13. The van der Waals surface area contributed by atoms with Crippen LogP contribution in [0.25, 0.3) is 0 Å². The highest BCUT2D eigenvalue weighted by Gasteiger charge is 2.13. The van der Waals surface area contributed by atoms with E-state index in [9.17, 15) is 4.89 Å². The summed E-state index contributed by atoms with van der Waals surface area (Å²) in [6.07, 6.45) is 0. The van der Waals surface area contributed by atoms with E-state index in [4.69, 9.17) is 4.74 Å². The summed E-state index contributed by atoms with van der Waals surface area (Å²) >= 11 is 0. The Balaban J connectivity index is 2.23. The monoisotopic (exact) mass is 216 g/mol. The van der Waals surface area contributed by atoms with E-state index in [1.807, 2.05) is 48.5 Å². The molecule has 2 nitrogen and oxygen atoms in total. The van der Waals surface area contributed by atoms with E-state index >= 15 is 0 Å². The summed E-state index contributed by atoms with van der Waals surface area (Å²) in [6.45, 7) is 0. The SMILES string of the molecule is OP1c2ccc(cc2)Oc2ccc1cc2. The third-order valence-corrected chi connectivity index (χ3v) is 3.97. The van der Waals surface area contributed by atoms with E-state index in [2.05, 4.69) is 0 Å². The van der Waals surface area contributed by atoms with Gasteiger partial charge in [0.05, 0.1) is 8.15 Å². The lowest BCUT2D eigenvalue weighted by Crippen LogP contribution is -2.11. The molecule has 0 radical (unpaired) electrons. The minimum absolute atomic E-state index is 0.803. The van der Waals surface area contributed by atoms with E-state index in [-0.39, 0.29) is 0 Å². The number of rotatable bonds is 0. The van der Waals surface area contributed by atoms with Gasteiger partial charge in [0.25, 0.3) is 0 Å². The summed E-state index contributed by atoms with van der Waals surface area (Å²) in [5.41, 5.74) is 0. The van der Waals surface area contributed by atoms with Crippen LogP contribution in [0.15, 0.2) is 48.5 Å². The number of hydrogen-bond donors (Lipinski definition) is 1. The van der Waals surface area contributed by atoms with Gasteiger partial charge in [0.2, 0.25) is 0 Å². The minimum Gasteiger partial charge on any atom is -0.457 e. The summed E-state index contributed by atoms with van der Waals surface area (Å²) in [7, 11) is -1.21. The molecule has 0 unspecified atom stereocenters. The molecule has 1 N–H and O–H groups in total. The summed E-state index contributed by atoms with van der Waals surface area (Å²) in [5.74, 6) is 1.61. The second-order valence-electron chi connectivity index (χ2n) is 3.40. The molecule has 0 spiro atoms. The van der Waals surface area contributed by atoms with Crippen LogP contribution in [-0.4, -0.2) is 4.89 Å². The summed E-state index contributed by atoms with van der Waals surface area (Å²) in [4.78, 5) is 10.1. The third kappa shape index (κ3) is 1.52. The van der Waals surface area contributed by atoms with Crippen molar-refractivity contribution >= 4 is 18.8 Å². The van der Waals surface area contributed by atoms with Gasteiger partial charge in [0, 0.05) is 10.6 Å². The van der Waals surface area contributed by atoms with Gasteiger partial charge in [-0.2, -0.15) is 0 Å². The van der Waals surface area contributed by atoms with E-state index in [0.717, 1.165) is 22.1 Å². The van der Waals surface area contributed by atoms with Gasteiger partial charge in [-0.25, -0.2) is 0 Å². The van der Waals surface area contributed by atoms with Crippen molar-refractivity contribution in [3.8, 4) is 11.5 Å². The molecule has 0 aromatic heterocycles. The van der Waals surface area contributed by atoms with Crippen molar-refractivity contribution in [1.29, 1.82) is 0 Å². The van der Waals surface area contributed by atoms with Gasteiger partial charge in [-0.15, -0.1) is 0 Å². The molecule has 0 amide bonds. The first kappa shape index (κ1) is 8.90. The van der Waals surface area contributed by atoms with Crippen LogP contribution in [0.5, 0.6) is 11.5 Å². The first-order valence-corrected chi connectivity index (χ1v) is 5.99. The van der Waals surface area contributed by atoms with Crippen molar-refractivity contribution in [3.05, 3.63) is 48.5 Å². The van der Waals surface area contributed by atoms with Crippen molar-refractivity contribution in [2.45, 2.75) is 0 Å². The van der Waals surface area contributed by atoms with Gasteiger partial charge in [0.15, 0.2) is 0 Å². The molecular weight excluding hydrogens is 207 g/mol. The quantitative estimate of drug-likeness (QED) is 0.683. The third-order valence-electron chi connectivity index (χ3n) is 2.40. The van der Waals surface area contributed by atoms with Crippen LogP contribution in [0.4, 0.5) is 0 Å². The Hall–Kier alpha value is -1.37. The number of ether oxygens (including phenoxy) is 1. The lowest BCUT2D eigenvalue weighted by molar-refractivity contribution is 0.483. The van der Waals surface area contributed by atoms with Crippen LogP contribution < -0.4 is 15.3 Å². The molecule has 0 aliphatic carbocycles. The topological polar surface area (TPSA) is 29.5 Å². The Morgan fingerprint density at radius 1 is 0.733 bits per heavy atom. The molecule has 4 aliphatic heterocycles. The minimum atomic E-state index is -1.21. The smallest absolute Gasteiger partial charge is 0.127 e. The molecule has 0 saturated heterocycles. The lowest BCUT2D eigenvalue weighted by Gasteiger charge is -2.15. The zero-order chi connectivity index (χ0) is 10.3. The molecule has 74 valence electrons. The predicted molar refractivity (Wildman–Crippen MR) is 61.4 cm³/mol. The summed E-state index contributed by atoms with van der Waals surface area (Å²) in [5, 5.41) is 1.90. The maximum atomic E-state index is 10.1. The average Bonchev–Trinajstić information content (AvgIpc) is 2.31. The lowest BCUT2D eigenvalue weighted by atomic mass is 10.3. The Morgan fingerprint density at radius 3 is 1.53 bits per heavy atom. The highest BCUT2D eigenvalue weighted by atomic mass is 31.1. The normalized spacial score (nSPS) is 13.9. The Kier molecular flexibility index (Phi) is 1.98. The van der Waals surface area contributed by atoms with Gasteiger partial charge < -0.3 is 9.63 Å². The molecule has 4 heterocycles. The zero-order valence-corrected chi connectivity index (χ0v) is 8.82. The van der Waals surface area contributed by atoms with E-state index in [1.165, 1.54) is 0 Å². The highest BCUT2D eigenvalue weighted by Crippen LogP contribution is 2.32. The maximum absolute atomic E-state index is 10.1. The van der Waals surface area contributed by atoms with Crippen molar-refractivity contribution in [1.82, 2.24) is 0 Å². The van der Waals surface area contributed by atoms with Crippen LogP contribution >= 0.6 is 8.15 Å².